The molecule has 2 aromatic rings. The summed E-state index contributed by atoms with van der Waals surface area (Å²) in [6, 6.07) is 6.38. The van der Waals surface area contributed by atoms with Gasteiger partial charge in [-0.05, 0) is 19.4 Å². The lowest BCUT2D eigenvalue weighted by Crippen LogP contribution is -2.07. The van der Waals surface area contributed by atoms with Gasteiger partial charge in [-0.15, -0.1) is 0 Å². The van der Waals surface area contributed by atoms with Crippen molar-refractivity contribution in [3.05, 3.63) is 56.6 Å². The third-order valence-corrected chi connectivity index (χ3v) is 3.94. The minimum Gasteiger partial charge on any atom is -0.312 e. The highest BCUT2D eigenvalue weighted by Crippen LogP contribution is 2.25. The van der Waals surface area contributed by atoms with Gasteiger partial charge in [-0.1, -0.05) is 52.7 Å². The number of halogens is 1. The normalized spacial score (nSPS) is 10.6. The van der Waals surface area contributed by atoms with E-state index in [-0.39, 0.29) is 10.6 Å². The highest BCUT2D eigenvalue weighted by Gasteiger charge is 2.07. The van der Waals surface area contributed by atoms with Crippen molar-refractivity contribution < 1.29 is 0 Å². The summed E-state index contributed by atoms with van der Waals surface area (Å²) in [6.07, 6.45) is 1.37. The van der Waals surface area contributed by atoms with Crippen molar-refractivity contribution in [1.29, 1.82) is 0 Å². The van der Waals surface area contributed by atoms with Gasteiger partial charge in [-0.3, -0.25) is 4.79 Å². The SMILES string of the molecule is Cc1cc(C)cc(CSc2nc[nH]c(=O)c2Cl)c1. The Kier molecular flexibility index (Phi) is 4.09. The summed E-state index contributed by atoms with van der Waals surface area (Å²) in [5.74, 6) is 0.749. The van der Waals surface area contributed by atoms with Crippen molar-refractivity contribution >= 4 is 23.4 Å². The smallest absolute Gasteiger partial charge is 0.270 e. The molecular formula is C13H13ClN2OS. The molecule has 3 nitrogen and oxygen atoms in total. The Morgan fingerprint density at radius 2 is 1.94 bits per heavy atom. The maximum Gasteiger partial charge on any atom is 0.270 e. The Labute approximate surface area is 115 Å². The topological polar surface area (TPSA) is 45.8 Å². The van der Waals surface area contributed by atoms with Gasteiger partial charge in [-0.2, -0.15) is 0 Å². The van der Waals surface area contributed by atoms with Crippen molar-refractivity contribution in [2.75, 3.05) is 0 Å². The molecule has 2 rings (SSSR count). The molecule has 0 amide bonds. The van der Waals surface area contributed by atoms with E-state index in [9.17, 15) is 4.79 Å². The maximum atomic E-state index is 11.3. The molecule has 0 saturated carbocycles. The number of rotatable bonds is 3. The van der Waals surface area contributed by atoms with Crippen molar-refractivity contribution in [2.45, 2.75) is 24.6 Å². The maximum absolute atomic E-state index is 11.3. The first-order valence-electron chi connectivity index (χ1n) is 5.49. The third kappa shape index (κ3) is 3.15. The van der Waals surface area contributed by atoms with Crippen molar-refractivity contribution in [1.82, 2.24) is 9.97 Å². The first kappa shape index (κ1) is 13.2. The van der Waals surface area contributed by atoms with Crippen LogP contribution >= 0.6 is 23.4 Å². The first-order chi connectivity index (χ1) is 8.56. The summed E-state index contributed by atoms with van der Waals surface area (Å²) in [6.45, 7) is 4.14. The van der Waals surface area contributed by atoms with Crippen LogP contribution in [-0.4, -0.2) is 9.97 Å². The van der Waals surface area contributed by atoms with E-state index in [1.165, 1.54) is 34.8 Å². The van der Waals surface area contributed by atoms with E-state index in [0.717, 1.165) is 5.75 Å². The Bertz CT molecular complexity index is 604. The predicted octanol–water partition coefficient (Wildman–Crippen LogP) is 3.33. The van der Waals surface area contributed by atoms with Gasteiger partial charge in [0.1, 0.15) is 10.0 Å². The number of thioether (sulfide) groups is 1. The standard InChI is InChI=1S/C13H13ClN2OS/c1-8-3-9(2)5-10(4-8)6-18-13-11(14)12(17)15-7-16-13/h3-5,7H,6H2,1-2H3,(H,15,16,17). The van der Waals surface area contributed by atoms with Gasteiger partial charge >= 0.3 is 0 Å². The fourth-order valence-corrected chi connectivity index (χ4v) is 2.86. The number of hydrogen-bond acceptors (Lipinski definition) is 3. The summed E-state index contributed by atoms with van der Waals surface area (Å²) in [7, 11) is 0. The van der Waals surface area contributed by atoms with Crippen molar-refractivity contribution in [3.8, 4) is 0 Å². The second-order valence-corrected chi connectivity index (χ2v) is 5.48. The second kappa shape index (κ2) is 5.59. The van der Waals surface area contributed by atoms with Crippen LogP contribution in [0.1, 0.15) is 16.7 Å². The monoisotopic (exact) mass is 280 g/mol. The number of benzene rings is 1. The van der Waals surface area contributed by atoms with Gasteiger partial charge in [0.25, 0.3) is 5.56 Å². The zero-order valence-corrected chi connectivity index (χ0v) is 11.7. The minimum absolute atomic E-state index is 0.159. The average Bonchev–Trinajstić information content (AvgIpc) is 2.30. The number of aromatic amines is 1. The molecule has 0 spiro atoms. The van der Waals surface area contributed by atoms with E-state index in [1.807, 2.05) is 0 Å². The molecule has 94 valence electrons. The van der Waals surface area contributed by atoms with Crippen molar-refractivity contribution in [3.63, 3.8) is 0 Å². The van der Waals surface area contributed by atoms with Gasteiger partial charge in [0.2, 0.25) is 0 Å². The van der Waals surface area contributed by atoms with E-state index in [1.54, 1.807) is 0 Å². The van der Waals surface area contributed by atoms with Crippen LogP contribution in [0.3, 0.4) is 0 Å². The van der Waals surface area contributed by atoms with E-state index in [2.05, 4.69) is 42.0 Å². The Morgan fingerprint density at radius 1 is 1.28 bits per heavy atom. The highest BCUT2D eigenvalue weighted by atomic mass is 35.5. The van der Waals surface area contributed by atoms with Gasteiger partial charge < -0.3 is 4.98 Å². The van der Waals surface area contributed by atoms with Crippen LogP contribution in [0, 0.1) is 13.8 Å². The molecule has 0 aliphatic heterocycles. The molecule has 0 bridgehead atoms. The van der Waals surface area contributed by atoms with Crippen LogP contribution in [0.15, 0.2) is 34.3 Å². The summed E-state index contributed by atoms with van der Waals surface area (Å²) >= 11 is 7.36. The van der Waals surface area contributed by atoms with Gasteiger partial charge in [-0.25, -0.2) is 4.98 Å². The molecule has 0 fully saturated rings. The molecule has 1 heterocycles. The molecule has 0 aliphatic carbocycles. The highest BCUT2D eigenvalue weighted by molar-refractivity contribution is 7.98. The number of nitrogens with one attached hydrogen (secondary N) is 1. The quantitative estimate of drug-likeness (QED) is 0.693. The van der Waals surface area contributed by atoms with Crippen LogP contribution in [-0.2, 0) is 5.75 Å². The van der Waals surface area contributed by atoms with Crippen LogP contribution < -0.4 is 5.56 Å². The number of aromatic nitrogens is 2. The lowest BCUT2D eigenvalue weighted by molar-refractivity contribution is 1.01. The summed E-state index contributed by atoms with van der Waals surface area (Å²) < 4.78 is 0. The molecule has 0 aliphatic rings. The van der Waals surface area contributed by atoms with E-state index in [4.69, 9.17) is 11.6 Å². The number of hydrogen-bond donors (Lipinski definition) is 1. The zero-order chi connectivity index (χ0) is 13.1. The molecule has 0 radical (unpaired) electrons. The van der Waals surface area contributed by atoms with E-state index < -0.39 is 0 Å². The van der Waals surface area contributed by atoms with Crippen molar-refractivity contribution in [2.24, 2.45) is 0 Å². The summed E-state index contributed by atoms with van der Waals surface area (Å²) in [4.78, 5) is 17.8. The van der Waals surface area contributed by atoms with Gasteiger partial charge in [0.15, 0.2) is 0 Å². The molecule has 1 N–H and O–H groups in total. The van der Waals surface area contributed by atoms with E-state index in [0.29, 0.717) is 5.03 Å². The first-order valence-corrected chi connectivity index (χ1v) is 6.86. The summed E-state index contributed by atoms with van der Waals surface area (Å²) in [5.41, 5.74) is 3.37. The fraction of sp³-hybridized carbons (Fsp3) is 0.231. The largest absolute Gasteiger partial charge is 0.312 e. The molecule has 0 saturated heterocycles. The van der Waals surface area contributed by atoms with Crippen LogP contribution in [0.5, 0.6) is 0 Å². The number of H-pyrrole nitrogens is 1. The Balaban J connectivity index is 2.16. The lowest BCUT2D eigenvalue weighted by atomic mass is 10.1. The molecule has 18 heavy (non-hydrogen) atoms. The molecule has 0 unspecified atom stereocenters. The second-order valence-electron chi connectivity index (χ2n) is 4.14. The summed E-state index contributed by atoms with van der Waals surface area (Å²) in [5, 5.41) is 0.728. The third-order valence-electron chi connectivity index (χ3n) is 2.42. The molecule has 1 aromatic carbocycles. The van der Waals surface area contributed by atoms with Gasteiger partial charge in [0, 0.05) is 5.75 Å². The number of nitrogens with zero attached hydrogens (tertiary/aromatic N) is 1. The zero-order valence-electron chi connectivity index (χ0n) is 10.2. The van der Waals surface area contributed by atoms with Crippen LogP contribution in [0.4, 0.5) is 0 Å². The van der Waals surface area contributed by atoms with Crippen LogP contribution in [0.25, 0.3) is 0 Å². The van der Waals surface area contributed by atoms with Crippen LogP contribution in [0.2, 0.25) is 5.02 Å². The number of aryl methyl sites for hydroxylation is 2. The minimum atomic E-state index is -0.297. The average molecular weight is 281 g/mol. The Hall–Kier alpha value is -1.26. The lowest BCUT2D eigenvalue weighted by Gasteiger charge is -2.05. The predicted molar refractivity (Wildman–Crippen MR) is 75.3 cm³/mol. The fourth-order valence-electron chi connectivity index (χ4n) is 1.77. The molecular weight excluding hydrogens is 268 g/mol. The molecule has 5 heteroatoms. The molecule has 0 atom stereocenters. The molecule has 1 aromatic heterocycles. The van der Waals surface area contributed by atoms with E-state index >= 15 is 0 Å². The Morgan fingerprint density at radius 3 is 2.61 bits per heavy atom. The van der Waals surface area contributed by atoms with Gasteiger partial charge in [0.05, 0.1) is 6.33 Å².